The van der Waals surface area contributed by atoms with Crippen LogP contribution in [0.1, 0.15) is 12.8 Å². The molecule has 1 aromatic rings. The van der Waals surface area contributed by atoms with Gasteiger partial charge in [-0.3, -0.25) is 0 Å². The van der Waals surface area contributed by atoms with Crippen LogP contribution in [0.5, 0.6) is 17.2 Å². The molecule has 4 nitrogen and oxygen atoms in total. The standard InChI is InChI=1S/C14H14F6NO3/c1-9-4-6-21(7-5-9)24-10-2-3-11(22-13(15,16)17)12(8-10)23-14(18,19)20/h2-3,8-9H,1,4-7H2. The summed E-state index contributed by atoms with van der Waals surface area (Å²) in [6.07, 6.45) is -8.85. The largest absolute Gasteiger partial charge is 0.573 e. The van der Waals surface area contributed by atoms with Crippen molar-refractivity contribution < 1.29 is 40.7 Å². The zero-order chi connectivity index (χ0) is 18.0. The predicted molar refractivity (Wildman–Crippen MR) is 70.1 cm³/mol. The molecule has 0 aromatic heterocycles. The highest BCUT2D eigenvalue weighted by atomic mass is 19.4. The van der Waals surface area contributed by atoms with Gasteiger partial charge in [-0.25, -0.2) is 0 Å². The molecule has 24 heavy (non-hydrogen) atoms. The normalized spacial score (nSPS) is 17.6. The van der Waals surface area contributed by atoms with E-state index in [0.717, 1.165) is 18.9 Å². The molecule has 0 aliphatic carbocycles. The van der Waals surface area contributed by atoms with Gasteiger partial charge in [0, 0.05) is 19.2 Å². The van der Waals surface area contributed by atoms with Crippen LogP contribution in [0.2, 0.25) is 0 Å². The fourth-order valence-corrected chi connectivity index (χ4v) is 2.11. The lowest BCUT2D eigenvalue weighted by Crippen LogP contribution is -2.35. The van der Waals surface area contributed by atoms with Gasteiger partial charge in [0.15, 0.2) is 17.2 Å². The predicted octanol–water partition coefficient (Wildman–Crippen LogP) is 4.32. The maximum atomic E-state index is 12.4. The molecule has 1 aliphatic heterocycles. The van der Waals surface area contributed by atoms with E-state index in [0.29, 0.717) is 25.2 Å². The number of benzene rings is 1. The molecule has 1 aromatic carbocycles. The zero-order valence-electron chi connectivity index (χ0n) is 12.3. The van der Waals surface area contributed by atoms with Crippen LogP contribution in [0.15, 0.2) is 18.2 Å². The first kappa shape index (κ1) is 18.5. The Kier molecular flexibility index (Phi) is 5.36. The highest BCUT2D eigenvalue weighted by Gasteiger charge is 2.37. The second kappa shape index (κ2) is 6.96. The molecule has 1 fully saturated rings. The summed E-state index contributed by atoms with van der Waals surface area (Å²) in [5, 5.41) is 1.50. The van der Waals surface area contributed by atoms with E-state index in [-0.39, 0.29) is 11.7 Å². The Labute approximate surface area is 133 Å². The number of hydrogen-bond donors (Lipinski definition) is 0. The average Bonchev–Trinajstić information content (AvgIpc) is 2.41. The van der Waals surface area contributed by atoms with Crippen molar-refractivity contribution in [2.45, 2.75) is 25.6 Å². The molecule has 135 valence electrons. The number of hydroxylamine groups is 2. The summed E-state index contributed by atoms with van der Waals surface area (Å²) in [6, 6.07) is 2.48. The van der Waals surface area contributed by atoms with Gasteiger partial charge in [-0.1, -0.05) is 6.92 Å². The van der Waals surface area contributed by atoms with Gasteiger partial charge >= 0.3 is 12.7 Å². The minimum atomic E-state index is -5.17. The van der Waals surface area contributed by atoms with Gasteiger partial charge in [-0.05, 0) is 30.9 Å². The van der Waals surface area contributed by atoms with E-state index in [1.165, 1.54) is 5.06 Å². The third-order valence-electron chi connectivity index (χ3n) is 3.17. The maximum Gasteiger partial charge on any atom is 0.573 e. The summed E-state index contributed by atoms with van der Waals surface area (Å²) in [6.45, 7) is 4.90. The molecule has 1 radical (unpaired) electrons. The molecule has 1 heterocycles. The smallest absolute Gasteiger partial charge is 0.406 e. The number of ether oxygens (including phenoxy) is 2. The van der Waals surface area contributed by atoms with Crippen LogP contribution < -0.4 is 14.3 Å². The molecule has 1 aliphatic rings. The van der Waals surface area contributed by atoms with Crippen LogP contribution >= 0.6 is 0 Å². The van der Waals surface area contributed by atoms with Crippen molar-refractivity contribution in [1.82, 2.24) is 5.06 Å². The van der Waals surface area contributed by atoms with Crippen LogP contribution in [0, 0.1) is 12.8 Å². The van der Waals surface area contributed by atoms with E-state index < -0.39 is 24.2 Å². The number of halogens is 6. The van der Waals surface area contributed by atoms with Gasteiger partial charge < -0.3 is 14.3 Å². The molecule has 0 bridgehead atoms. The van der Waals surface area contributed by atoms with Crippen molar-refractivity contribution in [3.05, 3.63) is 25.1 Å². The van der Waals surface area contributed by atoms with E-state index in [4.69, 9.17) is 4.84 Å². The van der Waals surface area contributed by atoms with Crippen molar-refractivity contribution in [2.75, 3.05) is 13.1 Å². The molecule has 1 saturated heterocycles. The van der Waals surface area contributed by atoms with E-state index >= 15 is 0 Å². The Bertz CT molecular complexity index is 552. The lowest BCUT2D eigenvalue weighted by atomic mass is 10.0. The second-order valence-electron chi connectivity index (χ2n) is 5.17. The van der Waals surface area contributed by atoms with Crippen LogP contribution in [0.4, 0.5) is 26.3 Å². The van der Waals surface area contributed by atoms with E-state index in [1.807, 2.05) is 0 Å². The number of hydrogen-bond acceptors (Lipinski definition) is 4. The Hall–Kier alpha value is -1.84. The molecule has 0 amide bonds. The maximum absolute atomic E-state index is 12.4. The van der Waals surface area contributed by atoms with Crippen molar-refractivity contribution in [2.24, 2.45) is 5.92 Å². The molecular weight excluding hydrogens is 344 g/mol. The minimum absolute atomic E-state index is 0.0914. The topological polar surface area (TPSA) is 30.9 Å². The Morgan fingerprint density at radius 2 is 1.46 bits per heavy atom. The van der Waals surface area contributed by atoms with Crippen LogP contribution in [0.25, 0.3) is 0 Å². The highest BCUT2D eigenvalue weighted by Crippen LogP contribution is 2.38. The molecule has 0 unspecified atom stereocenters. The monoisotopic (exact) mass is 358 g/mol. The summed E-state index contributed by atoms with van der Waals surface area (Å²) < 4.78 is 81.0. The lowest BCUT2D eigenvalue weighted by molar-refractivity contribution is -0.287. The van der Waals surface area contributed by atoms with Crippen LogP contribution in [-0.4, -0.2) is 30.9 Å². The van der Waals surface area contributed by atoms with Crippen molar-refractivity contribution in [3.8, 4) is 17.2 Å². The molecule has 0 saturated carbocycles. The molecule has 2 rings (SSSR count). The first-order valence-corrected chi connectivity index (χ1v) is 6.93. The van der Waals surface area contributed by atoms with Crippen LogP contribution in [-0.2, 0) is 0 Å². The third-order valence-corrected chi connectivity index (χ3v) is 3.17. The minimum Gasteiger partial charge on any atom is -0.406 e. The van der Waals surface area contributed by atoms with Crippen molar-refractivity contribution >= 4 is 0 Å². The van der Waals surface area contributed by atoms with E-state index in [1.54, 1.807) is 0 Å². The molecule has 0 spiro atoms. The van der Waals surface area contributed by atoms with Gasteiger partial charge in [0.25, 0.3) is 0 Å². The molecular formula is C14H14F6NO3. The fourth-order valence-electron chi connectivity index (χ4n) is 2.11. The van der Waals surface area contributed by atoms with Crippen molar-refractivity contribution in [1.29, 1.82) is 0 Å². The number of alkyl halides is 6. The number of nitrogens with zero attached hydrogens (tertiary/aromatic N) is 1. The van der Waals surface area contributed by atoms with E-state index in [9.17, 15) is 26.3 Å². The summed E-state index contributed by atoms with van der Waals surface area (Å²) in [7, 11) is 0. The first-order valence-electron chi connectivity index (χ1n) is 6.93. The molecule has 0 N–H and O–H groups in total. The average molecular weight is 358 g/mol. The SMILES string of the molecule is [CH2]C1CCN(Oc2ccc(OC(F)(F)F)c(OC(F)(F)F)c2)CC1. The Morgan fingerprint density at radius 3 is 2.00 bits per heavy atom. The van der Waals surface area contributed by atoms with Gasteiger partial charge in [0.2, 0.25) is 0 Å². The first-order chi connectivity index (χ1) is 11.0. The van der Waals surface area contributed by atoms with E-state index in [2.05, 4.69) is 16.4 Å². The van der Waals surface area contributed by atoms with Gasteiger partial charge in [0.1, 0.15) is 0 Å². The quantitative estimate of drug-likeness (QED) is 0.750. The summed E-state index contributed by atoms with van der Waals surface area (Å²) in [5.41, 5.74) is 0. The Balaban J connectivity index is 2.16. The third kappa shape index (κ3) is 5.99. The zero-order valence-corrected chi connectivity index (χ0v) is 12.3. The summed E-state index contributed by atoms with van der Waals surface area (Å²) in [4.78, 5) is 5.37. The second-order valence-corrected chi connectivity index (χ2v) is 5.17. The van der Waals surface area contributed by atoms with Crippen LogP contribution in [0.3, 0.4) is 0 Å². The fraction of sp³-hybridized carbons (Fsp3) is 0.500. The molecule has 0 atom stereocenters. The summed E-state index contributed by atoms with van der Waals surface area (Å²) >= 11 is 0. The van der Waals surface area contributed by atoms with Gasteiger partial charge in [-0.2, -0.15) is 0 Å². The Morgan fingerprint density at radius 1 is 0.917 bits per heavy atom. The summed E-state index contributed by atoms with van der Waals surface area (Å²) in [5.74, 6) is -2.07. The van der Waals surface area contributed by atoms with Crippen molar-refractivity contribution in [3.63, 3.8) is 0 Å². The van der Waals surface area contributed by atoms with Gasteiger partial charge in [0.05, 0.1) is 0 Å². The van der Waals surface area contributed by atoms with Gasteiger partial charge in [-0.15, -0.1) is 31.4 Å². The lowest BCUT2D eigenvalue weighted by Gasteiger charge is -2.29. The number of piperidine rings is 1. The molecule has 10 heteroatoms. The number of rotatable bonds is 4. The highest BCUT2D eigenvalue weighted by molar-refractivity contribution is 5.45.